The van der Waals surface area contributed by atoms with Crippen LogP contribution in [0.2, 0.25) is 0 Å². The number of thiophene rings is 1. The summed E-state index contributed by atoms with van der Waals surface area (Å²) in [5.74, 6) is 0. The van der Waals surface area contributed by atoms with E-state index < -0.39 is 10.0 Å². The van der Waals surface area contributed by atoms with Crippen LogP contribution in [0.1, 0.15) is 4.88 Å². The molecule has 0 amide bonds. The summed E-state index contributed by atoms with van der Waals surface area (Å²) in [6, 6.07) is 3.48. The molecule has 86 valence electrons. The highest BCUT2D eigenvalue weighted by Crippen LogP contribution is 2.23. The summed E-state index contributed by atoms with van der Waals surface area (Å²) >= 11 is 1.31. The van der Waals surface area contributed by atoms with Crippen molar-refractivity contribution in [2.75, 3.05) is 27.2 Å². The Bertz CT molecular complexity index is 412. The molecule has 0 unspecified atom stereocenters. The topological polar surface area (TPSA) is 49.4 Å². The fourth-order valence-corrected chi connectivity index (χ4v) is 3.76. The van der Waals surface area contributed by atoms with Gasteiger partial charge >= 0.3 is 0 Å². The number of hydrogen-bond donors (Lipinski definition) is 1. The van der Waals surface area contributed by atoms with Gasteiger partial charge in [-0.25, -0.2) is 8.42 Å². The highest BCUT2D eigenvalue weighted by Gasteiger charge is 2.21. The standard InChI is InChI=1S/C9H16N2O2S2/c1-8-4-5-9(14-8)15(12,13)11(3)7-6-10-2/h4-5,10H,6-7H2,1-3H3. The Morgan fingerprint density at radius 3 is 2.60 bits per heavy atom. The third-order valence-electron chi connectivity index (χ3n) is 2.06. The minimum Gasteiger partial charge on any atom is -0.318 e. The lowest BCUT2D eigenvalue weighted by Crippen LogP contribution is -2.32. The first-order chi connectivity index (χ1) is 6.98. The van der Waals surface area contributed by atoms with Gasteiger partial charge in [0.2, 0.25) is 0 Å². The molecule has 1 aromatic heterocycles. The highest BCUT2D eigenvalue weighted by atomic mass is 32.2. The Labute approximate surface area is 95.0 Å². The number of rotatable bonds is 5. The molecule has 4 nitrogen and oxygen atoms in total. The zero-order valence-corrected chi connectivity index (χ0v) is 10.8. The van der Waals surface area contributed by atoms with Gasteiger partial charge in [-0.05, 0) is 26.1 Å². The van der Waals surface area contributed by atoms with Crippen molar-refractivity contribution in [1.29, 1.82) is 0 Å². The first-order valence-electron chi connectivity index (χ1n) is 4.66. The van der Waals surface area contributed by atoms with Crippen LogP contribution in [-0.4, -0.2) is 39.9 Å². The molecule has 1 aromatic rings. The summed E-state index contributed by atoms with van der Waals surface area (Å²) in [5, 5.41) is 2.92. The maximum atomic E-state index is 12.0. The first-order valence-corrected chi connectivity index (χ1v) is 6.91. The van der Waals surface area contributed by atoms with Crippen molar-refractivity contribution in [1.82, 2.24) is 9.62 Å². The van der Waals surface area contributed by atoms with Gasteiger partial charge in [-0.3, -0.25) is 0 Å². The molecule has 0 aliphatic heterocycles. The largest absolute Gasteiger partial charge is 0.318 e. The Morgan fingerprint density at radius 2 is 2.13 bits per heavy atom. The van der Waals surface area contributed by atoms with Gasteiger partial charge in [-0.15, -0.1) is 11.3 Å². The van der Waals surface area contributed by atoms with Crippen LogP contribution in [0.25, 0.3) is 0 Å². The van der Waals surface area contributed by atoms with Gasteiger partial charge in [0.25, 0.3) is 10.0 Å². The Balaban J connectivity index is 2.83. The van der Waals surface area contributed by atoms with E-state index >= 15 is 0 Å². The predicted molar refractivity (Wildman–Crippen MR) is 62.8 cm³/mol. The normalized spacial score (nSPS) is 12.3. The fraction of sp³-hybridized carbons (Fsp3) is 0.556. The van der Waals surface area contributed by atoms with E-state index in [1.165, 1.54) is 15.6 Å². The van der Waals surface area contributed by atoms with Crippen LogP contribution in [0.5, 0.6) is 0 Å². The van der Waals surface area contributed by atoms with E-state index in [2.05, 4.69) is 5.32 Å². The van der Waals surface area contributed by atoms with E-state index in [-0.39, 0.29) is 0 Å². The van der Waals surface area contributed by atoms with Gasteiger partial charge < -0.3 is 5.32 Å². The van der Waals surface area contributed by atoms with E-state index in [9.17, 15) is 8.42 Å². The maximum absolute atomic E-state index is 12.0. The van der Waals surface area contributed by atoms with Crippen molar-refractivity contribution in [3.63, 3.8) is 0 Å². The monoisotopic (exact) mass is 248 g/mol. The minimum absolute atomic E-state index is 0.415. The van der Waals surface area contributed by atoms with Crippen LogP contribution < -0.4 is 5.32 Å². The molecule has 0 saturated carbocycles. The molecule has 0 spiro atoms. The molecular weight excluding hydrogens is 232 g/mol. The molecule has 6 heteroatoms. The summed E-state index contributed by atoms with van der Waals surface area (Å²) in [6.07, 6.45) is 0. The van der Waals surface area contributed by atoms with Crippen LogP contribution in [0, 0.1) is 6.92 Å². The van der Waals surface area contributed by atoms with Crippen molar-refractivity contribution in [2.45, 2.75) is 11.1 Å². The van der Waals surface area contributed by atoms with Crippen molar-refractivity contribution in [2.24, 2.45) is 0 Å². The van der Waals surface area contributed by atoms with Gasteiger partial charge in [0.1, 0.15) is 4.21 Å². The molecule has 1 heterocycles. The zero-order valence-electron chi connectivity index (χ0n) is 9.15. The lowest BCUT2D eigenvalue weighted by atomic mass is 10.5. The van der Waals surface area contributed by atoms with Gasteiger partial charge in [-0.1, -0.05) is 0 Å². The van der Waals surface area contributed by atoms with E-state index in [0.29, 0.717) is 17.3 Å². The first kappa shape index (κ1) is 12.6. The lowest BCUT2D eigenvalue weighted by molar-refractivity contribution is 0.467. The van der Waals surface area contributed by atoms with E-state index in [1.54, 1.807) is 20.2 Å². The molecule has 0 saturated heterocycles. The fourth-order valence-electron chi connectivity index (χ4n) is 1.09. The second kappa shape index (κ2) is 5.07. The third-order valence-corrected chi connectivity index (χ3v) is 5.38. The highest BCUT2D eigenvalue weighted by molar-refractivity contribution is 7.91. The molecule has 0 fully saturated rings. The second-order valence-corrected chi connectivity index (χ2v) is 6.85. The lowest BCUT2D eigenvalue weighted by Gasteiger charge is -2.15. The van der Waals surface area contributed by atoms with Crippen LogP contribution in [-0.2, 0) is 10.0 Å². The van der Waals surface area contributed by atoms with Gasteiger partial charge in [0.05, 0.1) is 0 Å². The average Bonchev–Trinajstić information content (AvgIpc) is 2.61. The number of nitrogens with zero attached hydrogens (tertiary/aromatic N) is 1. The van der Waals surface area contributed by atoms with Crippen molar-refractivity contribution in [3.05, 3.63) is 17.0 Å². The molecule has 0 aromatic carbocycles. The summed E-state index contributed by atoms with van der Waals surface area (Å²) in [4.78, 5) is 1.01. The SMILES string of the molecule is CNCCN(C)S(=O)(=O)c1ccc(C)s1. The molecule has 15 heavy (non-hydrogen) atoms. The number of likely N-dealkylation sites (N-methyl/N-ethyl adjacent to an activating group) is 2. The Morgan fingerprint density at radius 1 is 1.47 bits per heavy atom. The van der Waals surface area contributed by atoms with Gasteiger partial charge in [0.15, 0.2) is 0 Å². The molecular formula is C9H16N2O2S2. The molecule has 0 atom stereocenters. The molecule has 1 N–H and O–H groups in total. The van der Waals surface area contributed by atoms with Crippen LogP contribution in [0.3, 0.4) is 0 Å². The summed E-state index contributed by atoms with van der Waals surface area (Å²) < 4.78 is 25.7. The van der Waals surface area contributed by atoms with Crippen molar-refractivity contribution in [3.8, 4) is 0 Å². The molecule has 0 bridgehead atoms. The summed E-state index contributed by atoms with van der Waals surface area (Å²) in [5.41, 5.74) is 0. The van der Waals surface area contributed by atoms with Gasteiger partial charge in [-0.2, -0.15) is 4.31 Å². The average molecular weight is 248 g/mol. The third kappa shape index (κ3) is 3.01. The van der Waals surface area contributed by atoms with E-state index in [0.717, 1.165) is 4.88 Å². The smallest absolute Gasteiger partial charge is 0.252 e. The van der Waals surface area contributed by atoms with Crippen molar-refractivity contribution >= 4 is 21.4 Å². The van der Waals surface area contributed by atoms with Crippen LogP contribution in [0.4, 0.5) is 0 Å². The summed E-state index contributed by atoms with van der Waals surface area (Å²) in [6.45, 7) is 3.03. The Kier molecular flexibility index (Phi) is 4.27. The molecule has 0 aliphatic carbocycles. The number of hydrogen-bond acceptors (Lipinski definition) is 4. The maximum Gasteiger partial charge on any atom is 0.252 e. The van der Waals surface area contributed by atoms with Gasteiger partial charge in [0, 0.05) is 25.0 Å². The quantitative estimate of drug-likeness (QED) is 0.842. The number of aryl methyl sites for hydroxylation is 1. The van der Waals surface area contributed by atoms with Crippen LogP contribution >= 0.6 is 11.3 Å². The number of nitrogens with one attached hydrogen (secondary N) is 1. The van der Waals surface area contributed by atoms with E-state index in [1.807, 2.05) is 13.0 Å². The Hall–Kier alpha value is -0.430. The van der Waals surface area contributed by atoms with Crippen LogP contribution in [0.15, 0.2) is 16.3 Å². The number of sulfonamides is 1. The molecule has 1 rings (SSSR count). The predicted octanol–water partition coefficient (Wildman–Crippen LogP) is 0.896. The molecule has 0 aliphatic rings. The summed E-state index contributed by atoms with van der Waals surface area (Å²) in [7, 11) is 0.122. The van der Waals surface area contributed by atoms with Crippen molar-refractivity contribution < 1.29 is 8.42 Å². The molecule has 0 radical (unpaired) electrons. The second-order valence-electron chi connectivity index (χ2n) is 3.30. The minimum atomic E-state index is -3.28. The van der Waals surface area contributed by atoms with E-state index in [4.69, 9.17) is 0 Å². The zero-order chi connectivity index (χ0) is 11.5.